The second-order valence-corrected chi connectivity index (χ2v) is 17.1. The predicted octanol–water partition coefficient (Wildman–Crippen LogP) is 14.4. The van der Waals surface area contributed by atoms with E-state index in [-0.39, 0.29) is 5.41 Å². The minimum atomic E-state index is -0.0452. The summed E-state index contributed by atoms with van der Waals surface area (Å²) in [5.74, 6) is 1.65. The van der Waals surface area contributed by atoms with Crippen LogP contribution in [0.15, 0.2) is 193 Å². The molecule has 8 aromatic carbocycles. The van der Waals surface area contributed by atoms with Crippen molar-refractivity contribution < 1.29 is 4.42 Å². The Bertz CT molecular complexity index is 3840. The average molecular weight is 808 g/mol. The second kappa shape index (κ2) is 13.4. The van der Waals surface area contributed by atoms with Gasteiger partial charge >= 0.3 is 0 Å². The molecule has 13 rings (SSSR count). The SMILES string of the molecule is CC1(C)c2ccccc2-c2cc(-c3ccc4c(c3)c3ccc5ccccc5c3n4-c3ccccc3-c3nc(-c4cccnc4)nc(-c4ccc5c(c4)oc4ccccc45)n3)ccc21. The number of benzene rings is 8. The van der Waals surface area contributed by atoms with E-state index < -0.39 is 0 Å². The van der Waals surface area contributed by atoms with E-state index in [2.05, 4.69) is 163 Å². The van der Waals surface area contributed by atoms with Crippen LogP contribution in [-0.4, -0.2) is 24.5 Å². The van der Waals surface area contributed by atoms with E-state index in [1.807, 2.05) is 36.4 Å². The summed E-state index contributed by atoms with van der Waals surface area (Å²) in [5.41, 5.74) is 15.1. The lowest BCUT2D eigenvalue weighted by Crippen LogP contribution is -2.14. The standard InChI is InChI=1S/C57H37N5O/c1-57(2)47-18-8-5-15-40(47)45-30-35(23-27-48(45)57)36-24-28-50-46(31-36)43-26-21-34-12-3-4-14-39(34)53(43)62(50)49-19-9-6-17-44(49)56-60-54(59-55(61-56)38-13-11-29-58-33-38)37-22-25-42-41-16-7-10-20-51(41)63-52(42)32-37/h3-33H,1-2H3. The van der Waals surface area contributed by atoms with Gasteiger partial charge in [-0.1, -0.05) is 129 Å². The molecule has 0 bridgehead atoms. The van der Waals surface area contributed by atoms with Crippen LogP contribution in [0.1, 0.15) is 25.0 Å². The Balaban J connectivity index is 1.03. The fraction of sp³-hybridized carbons (Fsp3) is 0.0526. The number of furan rings is 1. The van der Waals surface area contributed by atoms with Gasteiger partial charge in [0.1, 0.15) is 11.2 Å². The highest BCUT2D eigenvalue weighted by atomic mass is 16.3. The van der Waals surface area contributed by atoms with Crippen molar-refractivity contribution in [2.45, 2.75) is 19.3 Å². The summed E-state index contributed by atoms with van der Waals surface area (Å²) in [5, 5.41) is 6.83. The second-order valence-electron chi connectivity index (χ2n) is 17.1. The normalized spacial score (nSPS) is 13.0. The Morgan fingerprint density at radius 2 is 1.13 bits per heavy atom. The molecule has 0 N–H and O–H groups in total. The summed E-state index contributed by atoms with van der Waals surface area (Å²) >= 11 is 0. The number of hydrogen-bond donors (Lipinski definition) is 0. The van der Waals surface area contributed by atoms with Crippen LogP contribution in [0.5, 0.6) is 0 Å². The molecule has 0 fully saturated rings. The third kappa shape index (κ3) is 5.38. The van der Waals surface area contributed by atoms with Crippen molar-refractivity contribution in [2.24, 2.45) is 0 Å². The smallest absolute Gasteiger partial charge is 0.166 e. The van der Waals surface area contributed by atoms with Crippen molar-refractivity contribution in [3.63, 3.8) is 0 Å². The van der Waals surface area contributed by atoms with E-state index in [4.69, 9.17) is 19.4 Å². The van der Waals surface area contributed by atoms with Gasteiger partial charge in [0, 0.05) is 61.4 Å². The molecule has 0 saturated heterocycles. The number of pyridine rings is 1. The van der Waals surface area contributed by atoms with E-state index >= 15 is 0 Å². The Morgan fingerprint density at radius 1 is 0.444 bits per heavy atom. The van der Waals surface area contributed by atoms with E-state index in [0.29, 0.717) is 17.5 Å². The fourth-order valence-electron chi connectivity index (χ4n) is 10.1. The molecule has 4 aromatic heterocycles. The van der Waals surface area contributed by atoms with Crippen LogP contribution < -0.4 is 0 Å². The molecule has 0 radical (unpaired) electrons. The molecule has 0 unspecified atom stereocenters. The van der Waals surface area contributed by atoms with Crippen molar-refractivity contribution in [3.8, 4) is 62.1 Å². The Labute approximate surface area is 362 Å². The molecule has 296 valence electrons. The van der Waals surface area contributed by atoms with Crippen molar-refractivity contribution in [1.29, 1.82) is 0 Å². The largest absolute Gasteiger partial charge is 0.456 e. The lowest BCUT2D eigenvalue weighted by molar-refractivity contribution is 0.660. The van der Waals surface area contributed by atoms with Crippen LogP contribution >= 0.6 is 0 Å². The van der Waals surface area contributed by atoms with Crippen LogP contribution in [0.25, 0.3) is 117 Å². The Morgan fingerprint density at radius 3 is 2.02 bits per heavy atom. The summed E-state index contributed by atoms with van der Waals surface area (Å²) in [7, 11) is 0. The molecular formula is C57H37N5O. The highest BCUT2D eigenvalue weighted by Crippen LogP contribution is 2.50. The summed E-state index contributed by atoms with van der Waals surface area (Å²) in [6, 6.07) is 62.6. The molecule has 0 spiro atoms. The first-order valence-corrected chi connectivity index (χ1v) is 21.4. The molecule has 63 heavy (non-hydrogen) atoms. The van der Waals surface area contributed by atoms with Gasteiger partial charge in [-0.25, -0.2) is 15.0 Å². The summed E-state index contributed by atoms with van der Waals surface area (Å²) in [4.78, 5) is 20.0. The first-order chi connectivity index (χ1) is 31.0. The number of rotatable bonds is 5. The number of aromatic nitrogens is 5. The van der Waals surface area contributed by atoms with E-state index in [1.165, 1.54) is 54.9 Å². The molecule has 0 atom stereocenters. The summed E-state index contributed by atoms with van der Waals surface area (Å²) in [6.45, 7) is 4.66. The molecule has 1 aliphatic carbocycles. The highest BCUT2D eigenvalue weighted by Gasteiger charge is 2.35. The molecule has 6 nitrogen and oxygen atoms in total. The van der Waals surface area contributed by atoms with Gasteiger partial charge in [-0.15, -0.1) is 0 Å². The van der Waals surface area contributed by atoms with E-state index in [1.54, 1.807) is 12.4 Å². The zero-order valence-electron chi connectivity index (χ0n) is 34.5. The van der Waals surface area contributed by atoms with Crippen LogP contribution in [0.2, 0.25) is 0 Å². The van der Waals surface area contributed by atoms with Gasteiger partial charge in [0.25, 0.3) is 0 Å². The minimum Gasteiger partial charge on any atom is -0.456 e. The molecule has 0 saturated carbocycles. The fourth-order valence-corrected chi connectivity index (χ4v) is 10.1. The molecule has 0 aliphatic heterocycles. The molecule has 12 aromatic rings. The van der Waals surface area contributed by atoms with Gasteiger partial charge in [0.05, 0.1) is 16.7 Å². The first kappa shape index (κ1) is 35.5. The Kier molecular flexibility index (Phi) is 7.55. The van der Waals surface area contributed by atoms with Crippen molar-refractivity contribution in [2.75, 3.05) is 0 Å². The molecular weight excluding hydrogens is 771 g/mol. The van der Waals surface area contributed by atoms with Crippen molar-refractivity contribution in [1.82, 2.24) is 24.5 Å². The van der Waals surface area contributed by atoms with Gasteiger partial charge in [0.15, 0.2) is 17.5 Å². The summed E-state index contributed by atoms with van der Waals surface area (Å²) < 4.78 is 8.73. The molecule has 0 amide bonds. The van der Waals surface area contributed by atoms with E-state index in [9.17, 15) is 0 Å². The number of hydrogen-bond acceptors (Lipinski definition) is 5. The van der Waals surface area contributed by atoms with E-state index in [0.717, 1.165) is 55.3 Å². The number of para-hydroxylation sites is 2. The highest BCUT2D eigenvalue weighted by molar-refractivity contribution is 6.19. The maximum Gasteiger partial charge on any atom is 0.166 e. The van der Waals surface area contributed by atoms with Crippen LogP contribution in [-0.2, 0) is 5.41 Å². The Hall–Kier alpha value is -8.22. The quantitative estimate of drug-likeness (QED) is 0.173. The van der Waals surface area contributed by atoms with Crippen molar-refractivity contribution >= 4 is 54.5 Å². The third-order valence-electron chi connectivity index (χ3n) is 13.1. The van der Waals surface area contributed by atoms with Crippen LogP contribution in [0.4, 0.5) is 0 Å². The number of fused-ring (bicyclic) bond motifs is 11. The van der Waals surface area contributed by atoms with Gasteiger partial charge in [-0.3, -0.25) is 4.98 Å². The van der Waals surface area contributed by atoms with Gasteiger partial charge in [0.2, 0.25) is 0 Å². The topological polar surface area (TPSA) is 69.6 Å². The maximum absolute atomic E-state index is 6.32. The average Bonchev–Trinajstić information content (AvgIpc) is 3.96. The van der Waals surface area contributed by atoms with Gasteiger partial charge in [-0.05, 0) is 99.4 Å². The zero-order valence-corrected chi connectivity index (χ0v) is 34.5. The monoisotopic (exact) mass is 807 g/mol. The molecule has 6 heteroatoms. The third-order valence-corrected chi connectivity index (χ3v) is 13.1. The van der Waals surface area contributed by atoms with Gasteiger partial charge in [-0.2, -0.15) is 0 Å². The van der Waals surface area contributed by atoms with Crippen LogP contribution in [0.3, 0.4) is 0 Å². The van der Waals surface area contributed by atoms with Gasteiger partial charge < -0.3 is 8.98 Å². The number of nitrogens with zero attached hydrogens (tertiary/aromatic N) is 5. The lowest BCUT2D eigenvalue weighted by atomic mass is 9.82. The minimum absolute atomic E-state index is 0.0452. The molecule has 4 heterocycles. The lowest BCUT2D eigenvalue weighted by Gasteiger charge is -2.21. The predicted molar refractivity (Wildman–Crippen MR) is 256 cm³/mol. The summed E-state index contributed by atoms with van der Waals surface area (Å²) in [6.07, 6.45) is 3.56. The maximum atomic E-state index is 6.32. The van der Waals surface area contributed by atoms with Crippen LogP contribution in [0, 0.1) is 0 Å². The zero-order chi connectivity index (χ0) is 41.8. The van der Waals surface area contributed by atoms with Crippen molar-refractivity contribution in [3.05, 3.63) is 199 Å². The molecule has 1 aliphatic rings. The first-order valence-electron chi connectivity index (χ1n) is 21.4.